The van der Waals surface area contributed by atoms with Crippen LogP contribution in [-0.2, 0) is 5.88 Å². The minimum Gasteiger partial charge on any atom is -0.505 e. The largest absolute Gasteiger partial charge is 0.505 e. The lowest BCUT2D eigenvalue weighted by molar-refractivity contribution is 0.149. The Kier molecular flexibility index (Phi) is 3.27. The summed E-state index contributed by atoms with van der Waals surface area (Å²) in [4.78, 5) is 3.53. The standard InChI is InChI=1S/C7H5Cl2F2NO/c8-1-3-5(7(10)11)6(9)4(13)2-12-3/h2,7,13H,1H2. The number of aromatic nitrogens is 1. The monoisotopic (exact) mass is 227 g/mol. The summed E-state index contributed by atoms with van der Waals surface area (Å²) in [7, 11) is 0. The van der Waals surface area contributed by atoms with Crippen LogP contribution in [0.25, 0.3) is 0 Å². The van der Waals surface area contributed by atoms with Crippen LogP contribution in [0.4, 0.5) is 8.78 Å². The van der Waals surface area contributed by atoms with Crippen molar-refractivity contribution in [1.29, 1.82) is 0 Å². The molecule has 72 valence electrons. The molecule has 1 aromatic rings. The predicted octanol–water partition coefficient (Wildman–Crippen LogP) is 3.12. The molecular formula is C7H5Cl2F2NO. The number of hydrogen-bond acceptors (Lipinski definition) is 2. The zero-order chi connectivity index (χ0) is 10.0. The van der Waals surface area contributed by atoms with E-state index >= 15 is 0 Å². The third kappa shape index (κ3) is 2.00. The van der Waals surface area contributed by atoms with E-state index in [-0.39, 0.29) is 16.6 Å². The van der Waals surface area contributed by atoms with E-state index in [1.165, 1.54) is 0 Å². The number of aromatic hydroxyl groups is 1. The fraction of sp³-hybridized carbons (Fsp3) is 0.286. The lowest BCUT2D eigenvalue weighted by atomic mass is 10.2. The molecule has 0 spiro atoms. The van der Waals surface area contributed by atoms with Gasteiger partial charge in [-0.05, 0) is 0 Å². The molecule has 0 saturated heterocycles. The van der Waals surface area contributed by atoms with Crippen molar-refractivity contribution >= 4 is 23.2 Å². The summed E-state index contributed by atoms with van der Waals surface area (Å²) in [5, 5.41) is 8.61. The maximum absolute atomic E-state index is 12.4. The molecule has 0 fully saturated rings. The van der Waals surface area contributed by atoms with Gasteiger partial charge in [0.2, 0.25) is 0 Å². The van der Waals surface area contributed by atoms with E-state index in [2.05, 4.69) is 4.98 Å². The first-order chi connectivity index (χ1) is 6.07. The lowest BCUT2D eigenvalue weighted by Crippen LogP contribution is -1.97. The van der Waals surface area contributed by atoms with E-state index in [4.69, 9.17) is 28.3 Å². The molecule has 1 rings (SSSR count). The van der Waals surface area contributed by atoms with Gasteiger partial charge >= 0.3 is 0 Å². The van der Waals surface area contributed by atoms with Gasteiger partial charge in [-0.2, -0.15) is 0 Å². The van der Waals surface area contributed by atoms with Crippen LogP contribution < -0.4 is 0 Å². The molecule has 0 radical (unpaired) electrons. The highest BCUT2D eigenvalue weighted by Crippen LogP contribution is 2.35. The molecule has 0 aliphatic carbocycles. The Morgan fingerprint density at radius 3 is 2.62 bits per heavy atom. The minimum atomic E-state index is -2.79. The smallest absolute Gasteiger partial charge is 0.267 e. The quantitative estimate of drug-likeness (QED) is 0.788. The van der Waals surface area contributed by atoms with Crippen LogP contribution in [0.5, 0.6) is 5.75 Å². The Bertz CT molecular complexity index is 320. The minimum absolute atomic E-state index is 0.0144. The molecular weight excluding hydrogens is 223 g/mol. The maximum Gasteiger partial charge on any atom is 0.267 e. The van der Waals surface area contributed by atoms with Crippen molar-refractivity contribution in [3.8, 4) is 5.75 Å². The summed E-state index contributed by atoms with van der Waals surface area (Å²) in [6.45, 7) is 0. The Morgan fingerprint density at radius 2 is 2.15 bits per heavy atom. The van der Waals surface area contributed by atoms with Crippen molar-refractivity contribution in [3.63, 3.8) is 0 Å². The van der Waals surface area contributed by atoms with Gasteiger partial charge in [-0.15, -0.1) is 11.6 Å². The van der Waals surface area contributed by atoms with Crippen LogP contribution in [0, 0.1) is 0 Å². The third-order valence-electron chi connectivity index (χ3n) is 1.46. The summed E-state index contributed by atoms with van der Waals surface area (Å²) in [6.07, 6.45) is -1.80. The summed E-state index contributed by atoms with van der Waals surface area (Å²) < 4.78 is 24.7. The fourth-order valence-corrected chi connectivity index (χ4v) is 1.31. The number of hydrogen-bond donors (Lipinski definition) is 1. The summed E-state index contributed by atoms with van der Waals surface area (Å²) in [5.74, 6) is -0.634. The fourth-order valence-electron chi connectivity index (χ4n) is 0.858. The second kappa shape index (κ2) is 4.07. The van der Waals surface area contributed by atoms with E-state index < -0.39 is 17.7 Å². The molecule has 0 aromatic carbocycles. The number of nitrogens with zero attached hydrogens (tertiary/aromatic N) is 1. The summed E-state index contributed by atoms with van der Waals surface area (Å²) in [6, 6.07) is 0. The molecule has 0 aliphatic heterocycles. The Balaban J connectivity index is 3.32. The average Bonchev–Trinajstić information content (AvgIpc) is 2.08. The van der Waals surface area contributed by atoms with E-state index in [0.717, 1.165) is 6.20 Å². The van der Waals surface area contributed by atoms with Gasteiger partial charge in [-0.3, -0.25) is 4.98 Å². The molecule has 1 heterocycles. The molecule has 0 unspecified atom stereocenters. The van der Waals surface area contributed by atoms with Crippen LogP contribution >= 0.6 is 23.2 Å². The topological polar surface area (TPSA) is 33.1 Å². The molecule has 0 aliphatic rings. The zero-order valence-corrected chi connectivity index (χ0v) is 7.78. The molecule has 13 heavy (non-hydrogen) atoms. The van der Waals surface area contributed by atoms with Gasteiger partial charge in [0.05, 0.1) is 28.4 Å². The van der Waals surface area contributed by atoms with Crippen molar-refractivity contribution in [2.75, 3.05) is 0 Å². The van der Waals surface area contributed by atoms with Crippen molar-refractivity contribution in [3.05, 3.63) is 22.5 Å². The SMILES string of the molecule is Oc1cnc(CCl)c(C(F)F)c1Cl. The molecule has 0 saturated carbocycles. The third-order valence-corrected chi connectivity index (χ3v) is 2.11. The second-order valence-corrected chi connectivity index (χ2v) is 2.90. The van der Waals surface area contributed by atoms with Crippen molar-refractivity contribution in [2.45, 2.75) is 12.3 Å². The van der Waals surface area contributed by atoms with Crippen LogP contribution in [0.1, 0.15) is 17.7 Å². The predicted molar refractivity (Wildman–Crippen MR) is 45.4 cm³/mol. The van der Waals surface area contributed by atoms with E-state index in [1.54, 1.807) is 0 Å². The average molecular weight is 228 g/mol. The van der Waals surface area contributed by atoms with E-state index in [1.807, 2.05) is 0 Å². The van der Waals surface area contributed by atoms with Crippen molar-refractivity contribution in [2.24, 2.45) is 0 Å². The Hall–Kier alpha value is -0.610. The van der Waals surface area contributed by atoms with E-state index in [0.29, 0.717) is 0 Å². The van der Waals surface area contributed by atoms with Gasteiger partial charge in [0.25, 0.3) is 6.43 Å². The van der Waals surface area contributed by atoms with Crippen LogP contribution in [-0.4, -0.2) is 10.1 Å². The highest BCUT2D eigenvalue weighted by molar-refractivity contribution is 6.33. The van der Waals surface area contributed by atoms with Gasteiger partial charge in [0.15, 0.2) is 5.75 Å². The molecule has 2 nitrogen and oxygen atoms in total. The molecule has 1 N–H and O–H groups in total. The maximum atomic E-state index is 12.4. The highest BCUT2D eigenvalue weighted by Gasteiger charge is 2.20. The van der Waals surface area contributed by atoms with Crippen LogP contribution in [0.3, 0.4) is 0 Å². The number of alkyl halides is 3. The number of pyridine rings is 1. The van der Waals surface area contributed by atoms with Gasteiger partial charge in [-0.1, -0.05) is 11.6 Å². The van der Waals surface area contributed by atoms with Crippen molar-refractivity contribution < 1.29 is 13.9 Å². The first-order valence-corrected chi connectivity index (χ1v) is 4.19. The zero-order valence-electron chi connectivity index (χ0n) is 6.27. The van der Waals surface area contributed by atoms with Crippen LogP contribution in [0.2, 0.25) is 5.02 Å². The second-order valence-electron chi connectivity index (χ2n) is 2.25. The molecule has 0 bridgehead atoms. The van der Waals surface area contributed by atoms with Gasteiger partial charge in [-0.25, -0.2) is 8.78 Å². The Labute approximate surface area is 83.1 Å². The lowest BCUT2D eigenvalue weighted by Gasteiger charge is -2.08. The van der Waals surface area contributed by atoms with E-state index in [9.17, 15) is 8.78 Å². The molecule has 0 atom stereocenters. The van der Waals surface area contributed by atoms with Gasteiger partial charge in [0, 0.05) is 0 Å². The first kappa shape index (κ1) is 10.5. The van der Waals surface area contributed by atoms with Crippen molar-refractivity contribution in [1.82, 2.24) is 4.98 Å². The molecule has 1 aromatic heterocycles. The van der Waals surface area contributed by atoms with Crippen LogP contribution in [0.15, 0.2) is 6.20 Å². The Morgan fingerprint density at radius 1 is 1.54 bits per heavy atom. The summed E-state index contributed by atoms with van der Waals surface area (Å²) in [5.41, 5.74) is -0.517. The number of rotatable bonds is 2. The summed E-state index contributed by atoms with van der Waals surface area (Å²) >= 11 is 10.8. The molecule has 6 heteroatoms. The molecule has 0 amide bonds. The van der Waals surface area contributed by atoms with Gasteiger partial charge in [0.1, 0.15) is 0 Å². The highest BCUT2D eigenvalue weighted by atomic mass is 35.5. The first-order valence-electron chi connectivity index (χ1n) is 3.28. The number of halogens is 4. The normalized spacial score (nSPS) is 10.8. The van der Waals surface area contributed by atoms with Gasteiger partial charge < -0.3 is 5.11 Å².